The van der Waals surface area contributed by atoms with Gasteiger partial charge in [-0.05, 0) is 25.5 Å². The second kappa shape index (κ2) is 9.69. The van der Waals surface area contributed by atoms with E-state index in [9.17, 15) is 14.9 Å². The SMILES string of the molecule is COc1ccc([N+](=O)[O-])cc1NC(=O)C(C)N1CCN(Cc2cccc(C)c2)CC1. The molecule has 160 valence electrons. The van der Waals surface area contributed by atoms with Crippen molar-refractivity contribution in [2.24, 2.45) is 0 Å². The fourth-order valence-corrected chi connectivity index (χ4v) is 3.69. The third kappa shape index (κ3) is 5.34. The summed E-state index contributed by atoms with van der Waals surface area (Å²) in [6, 6.07) is 12.3. The quantitative estimate of drug-likeness (QED) is 0.556. The minimum absolute atomic E-state index is 0.0940. The van der Waals surface area contributed by atoms with Crippen LogP contribution in [0.2, 0.25) is 0 Å². The molecule has 0 aliphatic carbocycles. The number of nitrogens with one attached hydrogen (secondary N) is 1. The number of nitro benzene ring substituents is 1. The first-order valence-electron chi connectivity index (χ1n) is 10.0. The summed E-state index contributed by atoms with van der Waals surface area (Å²) in [5.41, 5.74) is 2.77. The molecule has 8 nitrogen and oxygen atoms in total. The lowest BCUT2D eigenvalue weighted by atomic mass is 10.1. The number of aryl methyl sites for hydroxylation is 1. The van der Waals surface area contributed by atoms with Gasteiger partial charge in [-0.2, -0.15) is 0 Å². The maximum absolute atomic E-state index is 12.8. The Morgan fingerprint density at radius 1 is 1.20 bits per heavy atom. The van der Waals surface area contributed by atoms with Gasteiger partial charge in [0.15, 0.2) is 0 Å². The van der Waals surface area contributed by atoms with E-state index in [1.807, 2.05) is 6.92 Å². The molecule has 1 unspecified atom stereocenters. The van der Waals surface area contributed by atoms with Gasteiger partial charge in [-0.3, -0.25) is 24.7 Å². The highest BCUT2D eigenvalue weighted by Gasteiger charge is 2.26. The van der Waals surface area contributed by atoms with Crippen LogP contribution in [-0.4, -0.2) is 60.0 Å². The Hall–Kier alpha value is -2.97. The first-order valence-corrected chi connectivity index (χ1v) is 10.0. The number of anilines is 1. The molecule has 0 spiro atoms. The monoisotopic (exact) mass is 412 g/mol. The zero-order valence-corrected chi connectivity index (χ0v) is 17.6. The molecule has 1 fully saturated rings. The average Bonchev–Trinajstić information content (AvgIpc) is 2.73. The number of carbonyl (C=O) groups excluding carboxylic acids is 1. The van der Waals surface area contributed by atoms with Crippen LogP contribution in [0, 0.1) is 17.0 Å². The average molecular weight is 412 g/mol. The molecule has 2 aromatic carbocycles. The van der Waals surface area contributed by atoms with E-state index in [4.69, 9.17) is 4.74 Å². The summed E-state index contributed by atoms with van der Waals surface area (Å²) in [5.74, 6) is 0.185. The van der Waals surface area contributed by atoms with E-state index < -0.39 is 4.92 Å². The Labute approximate surface area is 176 Å². The number of hydrogen-bond acceptors (Lipinski definition) is 6. The molecule has 0 bridgehead atoms. The van der Waals surface area contributed by atoms with E-state index in [1.54, 1.807) is 0 Å². The predicted octanol–water partition coefficient (Wildman–Crippen LogP) is 3.06. The first kappa shape index (κ1) is 21.7. The van der Waals surface area contributed by atoms with Crippen LogP contribution >= 0.6 is 0 Å². The maximum Gasteiger partial charge on any atom is 0.271 e. The fourth-order valence-electron chi connectivity index (χ4n) is 3.69. The summed E-state index contributed by atoms with van der Waals surface area (Å²) >= 11 is 0. The van der Waals surface area contributed by atoms with Crippen molar-refractivity contribution in [1.82, 2.24) is 9.80 Å². The molecule has 1 amide bonds. The Balaban J connectivity index is 1.57. The summed E-state index contributed by atoms with van der Waals surface area (Å²) in [6.07, 6.45) is 0. The first-order chi connectivity index (χ1) is 14.4. The summed E-state index contributed by atoms with van der Waals surface area (Å²) in [7, 11) is 1.47. The third-order valence-corrected chi connectivity index (χ3v) is 5.47. The minimum atomic E-state index is -0.494. The molecule has 1 saturated heterocycles. The van der Waals surface area contributed by atoms with Crippen LogP contribution in [0.4, 0.5) is 11.4 Å². The predicted molar refractivity (Wildman–Crippen MR) is 116 cm³/mol. The lowest BCUT2D eigenvalue weighted by Crippen LogP contribution is -2.52. The van der Waals surface area contributed by atoms with E-state index in [2.05, 4.69) is 46.3 Å². The van der Waals surface area contributed by atoms with Gasteiger partial charge in [0.2, 0.25) is 5.91 Å². The molecule has 8 heteroatoms. The second-order valence-corrected chi connectivity index (χ2v) is 7.61. The number of rotatable bonds is 7. The maximum atomic E-state index is 12.8. The lowest BCUT2D eigenvalue weighted by molar-refractivity contribution is -0.384. The van der Waals surface area contributed by atoms with Crippen molar-refractivity contribution < 1.29 is 14.5 Å². The summed E-state index contributed by atoms with van der Waals surface area (Å²) in [4.78, 5) is 27.8. The molecule has 1 atom stereocenters. The van der Waals surface area contributed by atoms with Crippen LogP contribution in [0.25, 0.3) is 0 Å². The van der Waals surface area contributed by atoms with Gasteiger partial charge in [-0.1, -0.05) is 29.8 Å². The van der Waals surface area contributed by atoms with Crippen molar-refractivity contribution in [3.05, 3.63) is 63.7 Å². The molecule has 30 heavy (non-hydrogen) atoms. The van der Waals surface area contributed by atoms with Gasteiger partial charge in [0.1, 0.15) is 5.75 Å². The minimum Gasteiger partial charge on any atom is -0.495 e. The Kier molecular flexibility index (Phi) is 7.02. The number of non-ortho nitro benzene ring substituents is 1. The number of carbonyl (C=O) groups is 1. The van der Waals surface area contributed by atoms with Crippen LogP contribution < -0.4 is 10.1 Å². The molecular formula is C22H28N4O4. The molecule has 0 radical (unpaired) electrons. The van der Waals surface area contributed by atoms with Crippen LogP contribution in [0.15, 0.2) is 42.5 Å². The molecule has 1 heterocycles. The molecular weight excluding hydrogens is 384 g/mol. The number of benzene rings is 2. The van der Waals surface area contributed by atoms with Gasteiger partial charge in [-0.15, -0.1) is 0 Å². The highest BCUT2D eigenvalue weighted by molar-refractivity contribution is 5.96. The van der Waals surface area contributed by atoms with Crippen LogP contribution in [0.3, 0.4) is 0 Å². The summed E-state index contributed by atoms with van der Waals surface area (Å²) < 4.78 is 5.23. The molecule has 0 saturated carbocycles. The van der Waals surface area contributed by atoms with E-state index in [-0.39, 0.29) is 17.6 Å². The highest BCUT2D eigenvalue weighted by Crippen LogP contribution is 2.29. The van der Waals surface area contributed by atoms with Crippen molar-refractivity contribution in [2.75, 3.05) is 38.6 Å². The lowest BCUT2D eigenvalue weighted by Gasteiger charge is -2.37. The normalized spacial score (nSPS) is 16.1. The number of amides is 1. The fraction of sp³-hybridized carbons (Fsp3) is 0.409. The molecule has 1 N–H and O–H groups in total. The zero-order chi connectivity index (χ0) is 21.7. The largest absolute Gasteiger partial charge is 0.495 e. The number of piperazine rings is 1. The number of methoxy groups -OCH3 is 1. The van der Waals surface area contributed by atoms with Gasteiger partial charge >= 0.3 is 0 Å². The second-order valence-electron chi connectivity index (χ2n) is 7.61. The van der Waals surface area contributed by atoms with E-state index >= 15 is 0 Å². The topological polar surface area (TPSA) is 87.9 Å². The third-order valence-electron chi connectivity index (χ3n) is 5.47. The molecule has 0 aromatic heterocycles. The summed E-state index contributed by atoms with van der Waals surface area (Å²) in [6.45, 7) is 8.19. The number of nitrogens with zero attached hydrogens (tertiary/aromatic N) is 3. The number of hydrogen-bond donors (Lipinski definition) is 1. The van der Waals surface area contributed by atoms with Gasteiger partial charge in [0, 0.05) is 44.9 Å². The number of ether oxygens (including phenoxy) is 1. The molecule has 1 aliphatic rings. The van der Waals surface area contributed by atoms with E-state index in [0.29, 0.717) is 11.4 Å². The molecule has 3 rings (SSSR count). The van der Waals surface area contributed by atoms with Gasteiger partial charge < -0.3 is 10.1 Å². The van der Waals surface area contributed by atoms with E-state index in [0.717, 1.165) is 32.7 Å². The molecule has 1 aliphatic heterocycles. The zero-order valence-electron chi connectivity index (χ0n) is 17.6. The van der Waals surface area contributed by atoms with E-state index in [1.165, 1.54) is 36.4 Å². The van der Waals surface area contributed by atoms with Gasteiger partial charge in [0.25, 0.3) is 5.69 Å². The van der Waals surface area contributed by atoms with Crippen molar-refractivity contribution in [2.45, 2.75) is 26.4 Å². The highest BCUT2D eigenvalue weighted by atomic mass is 16.6. The van der Waals surface area contributed by atoms with Crippen molar-refractivity contribution in [3.8, 4) is 5.75 Å². The van der Waals surface area contributed by atoms with Gasteiger partial charge in [-0.25, -0.2) is 0 Å². The Morgan fingerprint density at radius 3 is 2.57 bits per heavy atom. The van der Waals surface area contributed by atoms with Crippen LogP contribution in [-0.2, 0) is 11.3 Å². The van der Waals surface area contributed by atoms with Crippen LogP contribution in [0.5, 0.6) is 5.75 Å². The van der Waals surface area contributed by atoms with Crippen molar-refractivity contribution >= 4 is 17.3 Å². The smallest absolute Gasteiger partial charge is 0.271 e. The van der Waals surface area contributed by atoms with Crippen LogP contribution in [0.1, 0.15) is 18.1 Å². The summed E-state index contributed by atoms with van der Waals surface area (Å²) in [5, 5.41) is 13.8. The standard InChI is InChI=1S/C22H28N4O4/c1-16-5-4-6-18(13-16)15-24-9-11-25(12-10-24)17(2)22(27)23-20-14-19(26(28)29)7-8-21(20)30-3/h4-8,13-14,17H,9-12,15H2,1-3H3,(H,23,27). The Bertz CT molecular complexity index is 910. The molecule has 2 aromatic rings. The van der Waals surface area contributed by atoms with Gasteiger partial charge in [0.05, 0.1) is 23.8 Å². The van der Waals surface area contributed by atoms with Crippen molar-refractivity contribution in [1.29, 1.82) is 0 Å². The Morgan fingerprint density at radius 2 is 1.93 bits per heavy atom. The number of nitro groups is 1. The van der Waals surface area contributed by atoms with Crippen molar-refractivity contribution in [3.63, 3.8) is 0 Å².